The zero-order valence-corrected chi connectivity index (χ0v) is 19.2. The number of para-hydroxylation sites is 1. The van der Waals surface area contributed by atoms with Crippen molar-refractivity contribution in [1.82, 2.24) is 10.6 Å². The van der Waals surface area contributed by atoms with Crippen molar-refractivity contribution < 1.29 is 19.2 Å². The van der Waals surface area contributed by atoms with Crippen LogP contribution >= 0.6 is 0 Å². The highest BCUT2D eigenvalue weighted by atomic mass is 16.2. The molecule has 1 heterocycles. The van der Waals surface area contributed by atoms with E-state index >= 15 is 0 Å². The topological polar surface area (TPSA) is 104 Å². The molecule has 0 spiro atoms. The van der Waals surface area contributed by atoms with Crippen molar-refractivity contribution in [2.24, 2.45) is 5.92 Å². The number of anilines is 1. The van der Waals surface area contributed by atoms with Gasteiger partial charge >= 0.3 is 0 Å². The van der Waals surface area contributed by atoms with Crippen molar-refractivity contribution in [3.63, 3.8) is 0 Å². The van der Waals surface area contributed by atoms with E-state index in [1.807, 2.05) is 54.6 Å². The molecule has 1 saturated heterocycles. The molecular weight excluding hydrogens is 442 g/mol. The van der Waals surface area contributed by atoms with Gasteiger partial charge in [-0.1, -0.05) is 66.7 Å². The Labute approximate surface area is 203 Å². The molecule has 7 heteroatoms. The first-order chi connectivity index (χ1) is 17.0. The van der Waals surface area contributed by atoms with Crippen LogP contribution in [0.1, 0.15) is 28.8 Å². The third-order valence-corrected chi connectivity index (χ3v) is 6.08. The Morgan fingerprint density at radius 3 is 2.43 bits per heavy atom. The largest absolute Gasteiger partial charge is 0.356 e. The predicted molar refractivity (Wildman–Crippen MR) is 134 cm³/mol. The maximum absolute atomic E-state index is 12.9. The molecule has 1 aliphatic rings. The molecule has 1 unspecified atom stereocenters. The number of amides is 3. The fraction of sp³-hybridized carbons (Fsp3) is 0.214. The molecule has 3 N–H and O–H groups in total. The van der Waals surface area contributed by atoms with E-state index in [1.165, 1.54) is 0 Å². The van der Waals surface area contributed by atoms with Crippen LogP contribution in [0.5, 0.6) is 0 Å². The molecule has 3 aromatic rings. The van der Waals surface area contributed by atoms with Crippen molar-refractivity contribution >= 4 is 29.7 Å². The van der Waals surface area contributed by atoms with E-state index in [2.05, 4.69) is 16.0 Å². The van der Waals surface area contributed by atoms with Crippen LogP contribution in [0.25, 0.3) is 11.1 Å². The summed E-state index contributed by atoms with van der Waals surface area (Å²) < 4.78 is 0. The molecule has 1 fully saturated rings. The van der Waals surface area contributed by atoms with Crippen molar-refractivity contribution in [2.75, 3.05) is 11.9 Å². The molecule has 0 aliphatic carbocycles. The van der Waals surface area contributed by atoms with Crippen molar-refractivity contribution in [3.8, 4) is 11.1 Å². The second kappa shape index (κ2) is 11.2. The summed E-state index contributed by atoms with van der Waals surface area (Å²) in [4.78, 5) is 49.3. The molecule has 0 saturated carbocycles. The van der Waals surface area contributed by atoms with Gasteiger partial charge < -0.3 is 20.7 Å². The van der Waals surface area contributed by atoms with E-state index in [1.54, 1.807) is 24.3 Å². The minimum atomic E-state index is -0.794. The number of rotatable bonds is 9. The van der Waals surface area contributed by atoms with Gasteiger partial charge in [-0.2, -0.15) is 0 Å². The lowest BCUT2D eigenvalue weighted by molar-refractivity contribution is -0.123. The zero-order valence-electron chi connectivity index (χ0n) is 19.2. The van der Waals surface area contributed by atoms with Gasteiger partial charge in [-0.15, -0.1) is 0 Å². The van der Waals surface area contributed by atoms with E-state index < -0.39 is 11.9 Å². The Bertz CT molecular complexity index is 1230. The van der Waals surface area contributed by atoms with Crippen LogP contribution < -0.4 is 16.0 Å². The summed E-state index contributed by atoms with van der Waals surface area (Å²) in [6.07, 6.45) is 1.65. The molecule has 0 radical (unpaired) electrons. The summed E-state index contributed by atoms with van der Waals surface area (Å²) in [6.45, 7) is 0.575. The van der Waals surface area contributed by atoms with Gasteiger partial charge in [0.05, 0.1) is 23.7 Å². The number of hydrogen-bond acceptors (Lipinski definition) is 4. The second-order valence-electron chi connectivity index (χ2n) is 8.52. The lowest BCUT2D eigenvalue weighted by Gasteiger charge is -2.17. The van der Waals surface area contributed by atoms with Gasteiger partial charge in [0.25, 0.3) is 5.91 Å². The first-order valence-corrected chi connectivity index (χ1v) is 11.6. The molecule has 7 nitrogen and oxygen atoms in total. The minimum Gasteiger partial charge on any atom is -0.356 e. The van der Waals surface area contributed by atoms with E-state index in [9.17, 15) is 19.2 Å². The summed E-state index contributed by atoms with van der Waals surface area (Å²) >= 11 is 0. The van der Waals surface area contributed by atoms with Gasteiger partial charge in [-0.25, -0.2) is 0 Å². The SMILES string of the molecule is O=C[C@H](CC1CCNC1=O)NC(=O)c1ccccc1NC(=O)Cc1ccccc1-c1ccccc1. The smallest absolute Gasteiger partial charge is 0.253 e. The van der Waals surface area contributed by atoms with Crippen LogP contribution in [0, 0.1) is 5.92 Å². The monoisotopic (exact) mass is 469 g/mol. The van der Waals surface area contributed by atoms with Crippen LogP contribution in [0.15, 0.2) is 78.9 Å². The number of aldehydes is 1. The normalized spacial score (nSPS) is 15.7. The highest BCUT2D eigenvalue weighted by Gasteiger charge is 2.28. The van der Waals surface area contributed by atoms with E-state index in [0.717, 1.165) is 16.7 Å². The van der Waals surface area contributed by atoms with E-state index in [-0.39, 0.29) is 36.1 Å². The maximum atomic E-state index is 12.9. The average molecular weight is 470 g/mol. The van der Waals surface area contributed by atoms with Gasteiger partial charge in [-0.05, 0) is 41.7 Å². The molecule has 35 heavy (non-hydrogen) atoms. The van der Waals surface area contributed by atoms with Gasteiger partial charge in [-0.3, -0.25) is 14.4 Å². The van der Waals surface area contributed by atoms with Crippen LogP contribution in [0.4, 0.5) is 5.69 Å². The third-order valence-electron chi connectivity index (χ3n) is 6.08. The number of hydrogen-bond donors (Lipinski definition) is 3. The first-order valence-electron chi connectivity index (χ1n) is 11.6. The summed E-state index contributed by atoms with van der Waals surface area (Å²) in [6, 6.07) is 23.4. The van der Waals surface area contributed by atoms with Crippen LogP contribution in [0.3, 0.4) is 0 Å². The Balaban J connectivity index is 1.45. The number of benzene rings is 3. The van der Waals surface area contributed by atoms with Gasteiger partial charge in [0, 0.05) is 12.5 Å². The van der Waals surface area contributed by atoms with Crippen LogP contribution in [-0.2, 0) is 20.8 Å². The molecule has 0 aromatic heterocycles. The van der Waals surface area contributed by atoms with Crippen LogP contribution in [-0.4, -0.2) is 36.6 Å². The molecule has 4 rings (SSSR count). The Hall–Kier alpha value is -4.26. The molecule has 3 amide bonds. The van der Waals surface area contributed by atoms with E-state index in [0.29, 0.717) is 24.9 Å². The summed E-state index contributed by atoms with van der Waals surface area (Å²) in [5, 5.41) is 8.26. The highest BCUT2D eigenvalue weighted by molar-refractivity contribution is 6.05. The summed E-state index contributed by atoms with van der Waals surface area (Å²) in [7, 11) is 0. The number of nitrogens with one attached hydrogen (secondary N) is 3. The van der Waals surface area contributed by atoms with Crippen molar-refractivity contribution in [3.05, 3.63) is 90.0 Å². The summed E-state index contributed by atoms with van der Waals surface area (Å²) in [5.41, 5.74) is 3.47. The Morgan fingerprint density at radius 2 is 1.69 bits per heavy atom. The number of carbonyl (C=O) groups is 4. The number of carbonyl (C=O) groups excluding carboxylic acids is 4. The third kappa shape index (κ3) is 6.00. The highest BCUT2D eigenvalue weighted by Crippen LogP contribution is 2.24. The lowest BCUT2D eigenvalue weighted by Crippen LogP contribution is -2.39. The second-order valence-corrected chi connectivity index (χ2v) is 8.52. The van der Waals surface area contributed by atoms with Gasteiger partial charge in [0.2, 0.25) is 11.8 Å². The first kappa shape index (κ1) is 23.9. The van der Waals surface area contributed by atoms with Gasteiger partial charge in [0.1, 0.15) is 6.29 Å². The van der Waals surface area contributed by atoms with Crippen molar-refractivity contribution in [2.45, 2.75) is 25.3 Å². The molecule has 2 atom stereocenters. The fourth-order valence-corrected chi connectivity index (χ4v) is 4.30. The molecule has 0 bridgehead atoms. The molecule has 178 valence electrons. The van der Waals surface area contributed by atoms with Gasteiger partial charge in [0.15, 0.2) is 0 Å². The standard InChI is InChI=1S/C28H27N3O4/c32-18-22(16-21-14-15-29-27(21)34)30-28(35)24-12-6-7-13-25(24)31-26(33)17-20-10-4-5-11-23(20)19-8-2-1-3-9-19/h1-13,18,21-22H,14-17H2,(H,29,34)(H,30,35)(H,31,33)/t21?,22-/m0/s1. The average Bonchev–Trinajstić information content (AvgIpc) is 3.28. The lowest BCUT2D eigenvalue weighted by atomic mass is 9.97. The Kier molecular flexibility index (Phi) is 7.67. The maximum Gasteiger partial charge on any atom is 0.253 e. The molecule has 1 aliphatic heterocycles. The molecular formula is C28H27N3O4. The molecule has 3 aromatic carbocycles. The van der Waals surface area contributed by atoms with E-state index in [4.69, 9.17) is 0 Å². The predicted octanol–water partition coefficient (Wildman–Crippen LogP) is 3.36. The van der Waals surface area contributed by atoms with Crippen molar-refractivity contribution in [1.29, 1.82) is 0 Å². The fourth-order valence-electron chi connectivity index (χ4n) is 4.30. The quantitative estimate of drug-likeness (QED) is 0.418. The zero-order chi connectivity index (χ0) is 24.6. The minimum absolute atomic E-state index is 0.102. The Morgan fingerprint density at radius 1 is 0.971 bits per heavy atom. The summed E-state index contributed by atoms with van der Waals surface area (Å²) in [5.74, 6) is -1.15. The van der Waals surface area contributed by atoms with Crippen LogP contribution in [0.2, 0.25) is 0 Å².